The topological polar surface area (TPSA) is 34.9 Å². The highest BCUT2D eigenvalue weighted by molar-refractivity contribution is 6.43. The minimum atomic E-state index is -0.155. The molecule has 0 saturated carbocycles. The van der Waals surface area contributed by atoms with Crippen LogP contribution in [0.4, 0.5) is 0 Å². The van der Waals surface area contributed by atoms with Crippen molar-refractivity contribution < 1.29 is 0 Å². The molecule has 3 nitrogen and oxygen atoms in total. The van der Waals surface area contributed by atoms with E-state index in [1.165, 1.54) is 4.57 Å². The van der Waals surface area contributed by atoms with E-state index in [-0.39, 0.29) is 5.56 Å². The normalized spacial score (nSPS) is 10.9. The first-order valence-electron chi connectivity index (χ1n) is 6.02. The number of aromatic nitrogens is 2. The van der Waals surface area contributed by atoms with E-state index in [0.717, 1.165) is 0 Å². The minimum Gasteiger partial charge on any atom is -0.268 e. The van der Waals surface area contributed by atoms with Crippen LogP contribution in [0.3, 0.4) is 0 Å². The fraction of sp³-hybridized carbons (Fsp3) is 0.0667. The van der Waals surface area contributed by atoms with Gasteiger partial charge in [-0.2, -0.15) is 0 Å². The van der Waals surface area contributed by atoms with Crippen molar-refractivity contribution in [3.63, 3.8) is 0 Å². The molecule has 1 aromatic heterocycles. The zero-order valence-electron chi connectivity index (χ0n) is 10.6. The molecule has 2 aromatic carbocycles. The molecule has 5 heteroatoms. The Labute approximate surface area is 125 Å². The standard InChI is InChI=1S/C15H10Cl2N2O/c1-9-18-12-7-3-2-5-10(12)15(20)19(9)13-8-4-6-11(16)14(13)17/h2-8H,1H3. The van der Waals surface area contributed by atoms with Gasteiger partial charge in [-0.25, -0.2) is 4.98 Å². The van der Waals surface area contributed by atoms with Gasteiger partial charge < -0.3 is 0 Å². The number of hydrogen-bond donors (Lipinski definition) is 0. The Kier molecular flexibility index (Phi) is 3.24. The molecule has 0 spiro atoms. The zero-order chi connectivity index (χ0) is 14.3. The smallest absolute Gasteiger partial charge is 0.266 e. The van der Waals surface area contributed by atoms with E-state index in [9.17, 15) is 4.79 Å². The molecule has 0 bridgehead atoms. The first-order chi connectivity index (χ1) is 9.59. The number of hydrogen-bond acceptors (Lipinski definition) is 2. The fourth-order valence-electron chi connectivity index (χ4n) is 2.19. The number of aryl methyl sites for hydroxylation is 1. The third-order valence-corrected chi connectivity index (χ3v) is 3.92. The molecule has 0 fully saturated rings. The molecule has 20 heavy (non-hydrogen) atoms. The Morgan fingerprint density at radius 1 is 1.05 bits per heavy atom. The lowest BCUT2D eigenvalue weighted by Crippen LogP contribution is -2.22. The van der Waals surface area contributed by atoms with Crippen LogP contribution in [0.25, 0.3) is 16.6 Å². The van der Waals surface area contributed by atoms with Crippen LogP contribution in [0.15, 0.2) is 47.3 Å². The van der Waals surface area contributed by atoms with Crippen LogP contribution >= 0.6 is 23.2 Å². The van der Waals surface area contributed by atoms with E-state index in [4.69, 9.17) is 23.2 Å². The molecular weight excluding hydrogens is 295 g/mol. The Morgan fingerprint density at radius 3 is 2.60 bits per heavy atom. The summed E-state index contributed by atoms with van der Waals surface area (Å²) in [5.41, 5.74) is 1.06. The van der Waals surface area contributed by atoms with E-state index >= 15 is 0 Å². The summed E-state index contributed by atoms with van der Waals surface area (Å²) in [7, 11) is 0. The van der Waals surface area contributed by atoms with Gasteiger partial charge in [0.2, 0.25) is 0 Å². The maximum Gasteiger partial charge on any atom is 0.266 e. The number of halogens is 2. The van der Waals surface area contributed by atoms with Gasteiger partial charge in [0.15, 0.2) is 0 Å². The van der Waals surface area contributed by atoms with Crippen LogP contribution in [-0.4, -0.2) is 9.55 Å². The maximum atomic E-state index is 12.6. The van der Waals surface area contributed by atoms with Crippen molar-refractivity contribution in [3.05, 3.63) is 68.7 Å². The lowest BCUT2D eigenvalue weighted by Gasteiger charge is -2.12. The van der Waals surface area contributed by atoms with Gasteiger partial charge in [0, 0.05) is 0 Å². The lowest BCUT2D eigenvalue weighted by molar-refractivity contribution is 0.895. The van der Waals surface area contributed by atoms with Gasteiger partial charge in [0.1, 0.15) is 5.82 Å². The van der Waals surface area contributed by atoms with Crippen molar-refractivity contribution >= 4 is 34.1 Å². The Morgan fingerprint density at radius 2 is 1.80 bits per heavy atom. The molecule has 3 aromatic rings. The average molecular weight is 305 g/mol. The van der Waals surface area contributed by atoms with E-state index in [2.05, 4.69) is 4.98 Å². The summed E-state index contributed by atoms with van der Waals surface area (Å²) in [6, 6.07) is 12.4. The van der Waals surface area contributed by atoms with Crippen molar-refractivity contribution in [2.24, 2.45) is 0 Å². The van der Waals surface area contributed by atoms with Gasteiger partial charge in [-0.1, -0.05) is 41.4 Å². The van der Waals surface area contributed by atoms with Crippen LogP contribution in [-0.2, 0) is 0 Å². The second-order valence-electron chi connectivity index (χ2n) is 4.39. The summed E-state index contributed by atoms with van der Waals surface area (Å²) in [4.78, 5) is 17.1. The van der Waals surface area contributed by atoms with Crippen molar-refractivity contribution in [2.75, 3.05) is 0 Å². The quantitative estimate of drug-likeness (QED) is 0.681. The van der Waals surface area contributed by atoms with E-state index in [1.807, 2.05) is 18.2 Å². The molecule has 0 amide bonds. The molecule has 0 aliphatic heterocycles. The van der Waals surface area contributed by atoms with Gasteiger partial charge in [-0.3, -0.25) is 9.36 Å². The second-order valence-corrected chi connectivity index (χ2v) is 5.17. The number of benzene rings is 2. The van der Waals surface area contributed by atoms with Crippen LogP contribution in [0.1, 0.15) is 5.82 Å². The average Bonchev–Trinajstić information content (AvgIpc) is 2.43. The summed E-state index contributed by atoms with van der Waals surface area (Å²) in [6.45, 7) is 1.77. The number of para-hydroxylation sites is 1. The summed E-state index contributed by atoms with van der Waals surface area (Å²) in [5.74, 6) is 0.567. The number of fused-ring (bicyclic) bond motifs is 1. The van der Waals surface area contributed by atoms with Gasteiger partial charge in [-0.05, 0) is 31.2 Å². The highest BCUT2D eigenvalue weighted by Crippen LogP contribution is 2.28. The van der Waals surface area contributed by atoms with Crippen LogP contribution in [0, 0.1) is 6.92 Å². The highest BCUT2D eigenvalue weighted by Gasteiger charge is 2.13. The van der Waals surface area contributed by atoms with E-state index < -0.39 is 0 Å². The van der Waals surface area contributed by atoms with Crippen molar-refractivity contribution in [1.29, 1.82) is 0 Å². The Balaban J connectivity index is 2.43. The third kappa shape index (κ3) is 1.99. The Bertz CT molecular complexity index is 871. The zero-order valence-corrected chi connectivity index (χ0v) is 12.1. The number of nitrogens with zero attached hydrogens (tertiary/aromatic N) is 2. The van der Waals surface area contributed by atoms with Crippen molar-refractivity contribution in [3.8, 4) is 5.69 Å². The molecule has 0 saturated heterocycles. The lowest BCUT2D eigenvalue weighted by atomic mass is 10.2. The molecular formula is C15H10Cl2N2O. The van der Waals surface area contributed by atoms with Gasteiger partial charge in [0.05, 0.1) is 26.6 Å². The second kappa shape index (κ2) is 4.93. The SMILES string of the molecule is Cc1nc2ccccc2c(=O)n1-c1cccc(Cl)c1Cl. The molecule has 0 unspecified atom stereocenters. The summed E-state index contributed by atoms with van der Waals surface area (Å²) in [5, 5.41) is 1.30. The molecule has 3 rings (SSSR count). The molecule has 0 N–H and O–H groups in total. The first kappa shape index (κ1) is 13.2. The van der Waals surface area contributed by atoms with Crippen LogP contribution in [0.2, 0.25) is 10.0 Å². The van der Waals surface area contributed by atoms with Crippen LogP contribution < -0.4 is 5.56 Å². The molecule has 0 aliphatic carbocycles. The molecule has 1 heterocycles. The highest BCUT2D eigenvalue weighted by atomic mass is 35.5. The van der Waals surface area contributed by atoms with Gasteiger partial charge in [0.25, 0.3) is 5.56 Å². The summed E-state index contributed by atoms with van der Waals surface area (Å²) in [6.07, 6.45) is 0. The molecule has 0 aliphatic rings. The van der Waals surface area contributed by atoms with E-state index in [1.54, 1.807) is 31.2 Å². The first-order valence-corrected chi connectivity index (χ1v) is 6.78. The largest absolute Gasteiger partial charge is 0.268 e. The van der Waals surface area contributed by atoms with Crippen LogP contribution in [0.5, 0.6) is 0 Å². The predicted octanol–water partition coefficient (Wildman–Crippen LogP) is 4.00. The maximum absolute atomic E-state index is 12.6. The van der Waals surface area contributed by atoms with E-state index in [0.29, 0.717) is 32.5 Å². The molecule has 100 valence electrons. The van der Waals surface area contributed by atoms with Crippen molar-refractivity contribution in [2.45, 2.75) is 6.92 Å². The number of rotatable bonds is 1. The predicted molar refractivity (Wildman–Crippen MR) is 82.1 cm³/mol. The van der Waals surface area contributed by atoms with Gasteiger partial charge >= 0.3 is 0 Å². The summed E-state index contributed by atoms with van der Waals surface area (Å²) >= 11 is 12.2. The monoisotopic (exact) mass is 304 g/mol. The molecule has 0 radical (unpaired) electrons. The molecule has 0 atom stereocenters. The third-order valence-electron chi connectivity index (χ3n) is 3.12. The van der Waals surface area contributed by atoms with Gasteiger partial charge in [-0.15, -0.1) is 0 Å². The fourth-order valence-corrected chi connectivity index (χ4v) is 2.57. The minimum absolute atomic E-state index is 0.155. The Hall–Kier alpha value is -1.84. The van der Waals surface area contributed by atoms with Crippen molar-refractivity contribution in [1.82, 2.24) is 9.55 Å². The summed E-state index contributed by atoms with van der Waals surface area (Å²) < 4.78 is 1.48.